The number of thioether (sulfide) groups is 1. The van der Waals surface area contributed by atoms with E-state index in [1.54, 1.807) is 36.4 Å². The van der Waals surface area contributed by atoms with Crippen LogP contribution in [0.25, 0.3) is 0 Å². The van der Waals surface area contributed by atoms with Crippen molar-refractivity contribution in [2.24, 2.45) is 0 Å². The molecule has 0 N–H and O–H groups in total. The largest absolute Gasteiger partial charge is 1.00 e. The number of nitriles is 2. The second kappa shape index (κ2) is 9.16. The Balaban J connectivity index is 0.00000289. The van der Waals surface area contributed by atoms with Crippen LogP contribution in [0.5, 0.6) is 0 Å². The van der Waals surface area contributed by atoms with Crippen molar-refractivity contribution in [2.45, 2.75) is 0 Å². The first-order chi connectivity index (χ1) is 8.19. The summed E-state index contributed by atoms with van der Waals surface area (Å²) in [6.07, 6.45) is 0. The van der Waals surface area contributed by atoms with Crippen LogP contribution in [-0.4, -0.2) is 11.5 Å². The van der Waals surface area contributed by atoms with E-state index in [2.05, 4.69) is 0 Å². The van der Waals surface area contributed by atoms with Crippen LogP contribution in [0.4, 0.5) is 0 Å². The molecule has 3 nitrogen and oxygen atoms in total. The van der Waals surface area contributed by atoms with Gasteiger partial charge in [0.05, 0.1) is 5.75 Å². The monoisotopic (exact) mass is 282 g/mol. The van der Waals surface area contributed by atoms with Crippen molar-refractivity contribution >= 4 is 30.2 Å². The van der Waals surface area contributed by atoms with E-state index in [1.807, 2.05) is 6.07 Å². The third-order valence-electron chi connectivity index (χ3n) is 1.86. The third kappa shape index (κ3) is 5.22. The number of hydrogen-bond acceptors (Lipinski definition) is 5. The van der Waals surface area contributed by atoms with Crippen molar-refractivity contribution in [2.75, 3.05) is 5.75 Å². The molecule has 0 saturated carbocycles. The summed E-state index contributed by atoms with van der Waals surface area (Å²) in [4.78, 5) is 11.7. The maximum absolute atomic E-state index is 11.7. The average molecular weight is 282 g/mol. The molecular formula is C12H7N2NaOS2. The van der Waals surface area contributed by atoms with E-state index in [0.29, 0.717) is 5.56 Å². The van der Waals surface area contributed by atoms with E-state index in [-0.39, 0.29) is 50.9 Å². The summed E-state index contributed by atoms with van der Waals surface area (Å²) in [5, 5.41) is 17.2. The topological polar surface area (TPSA) is 64.7 Å². The first kappa shape index (κ1) is 17.2. The molecule has 0 bridgehead atoms. The van der Waals surface area contributed by atoms with Gasteiger partial charge in [-0.05, 0) is 0 Å². The predicted molar refractivity (Wildman–Crippen MR) is 68.8 cm³/mol. The Morgan fingerprint density at radius 3 is 2.28 bits per heavy atom. The SMILES string of the molecule is N#CC(C#N)=C([S-])SCC(=O)c1ccccc1.[Na+]. The first-order valence-corrected chi connectivity index (χ1v) is 6.01. The molecule has 0 aromatic heterocycles. The number of allylic oxidation sites excluding steroid dienone is 1. The fraction of sp³-hybridized carbons (Fsp3) is 0.0833. The average Bonchev–Trinajstić information content (AvgIpc) is 2.38. The molecular weight excluding hydrogens is 275 g/mol. The standard InChI is InChI=1S/C12H8N2OS2.Na/c13-6-10(7-14)12(16)17-8-11(15)9-4-2-1-3-5-9;/h1-5,16H,8H2;/q;+1/p-1. The summed E-state index contributed by atoms with van der Waals surface area (Å²) in [7, 11) is 0. The van der Waals surface area contributed by atoms with Gasteiger partial charge in [0, 0.05) is 5.56 Å². The Morgan fingerprint density at radius 2 is 1.78 bits per heavy atom. The van der Waals surface area contributed by atoms with Crippen molar-refractivity contribution in [3.8, 4) is 12.1 Å². The van der Waals surface area contributed by atoms with Crippen molar-refractivity contribution in [1.82, 2.24) is 0 Å². The maximum Gasteiger partial charge on any atom is 1.00 e. The number of carbonyl (C=O) groups excluding carboxylic acids is 1. The van der Waals surface area contributed by atoms with Gasteiger partial charge in [0.1, 0.15) is 17.7 Å². The van der Waals surface area contributed by atoms with E-state index in [1.165, 1.54) is 0 Å². The summed E-state index contributed by atoms with van der Waals surface area (Å²) in [5.74, 6) is 0.0589. The Bertz CT molecular complexity index is 513. The third-order valence-corrected chi connectivity index (χ3v) is 3.29. The second-order valence-electron chi connectivity index (χ2n) is 2.96. The zero-order valence-electron chi connectivity index (χ0n) is 9.71. The van der Waals surface area contributed by atoms with Gasteiger partial charge >= 0.3 is 29.6 Å². The molecule has 0 radical (unpaired) electrons. The van der Waals surface area contributed by atoms with Crippen LogP contribution < -0.4 is 29.6 Å². The molecule has 0 unspecified atom stereocenters. The van der Waals surface area contributed by atoms with E-state index in [0.717, 1.165) is 11.8 Å². The van der Waals surface area contributed by atoms with Crippen LogP contribution in [0.2, 0.25) is 0 Å². The quantitative estimate of drug-likeness (QED) is 0.320. The Morgan fingerprint density at radius 1 is 1.22 bits per heavy atom. The summed E-state index contributed by atoms with van der Waals surface area (Å²) < 4.78 is 0.166. The summed E-state index contributed by atoms with van der Waals surface area (Å²) >= 11 is 5.91. The Hall–Kier alpha value is -0.820. The number of nitrogens with zero attached hydrogens (tertiary/aromatic N) is 2. The zero-order chi connectivity index (χ0) is 12.7. The molecule has 1 aromatic rings. The summed E-state index contributed by atoms with van der Waals surface area (Å²) in [5.41, 5.74) is 0.476. The fourth-order valence-electron chi connectivity index (χ4n) is 1.03. The van der Waals surface area contributed by atoms with Gasteiger partial charge in [-0.1, -0.05) is 30.3 Å². The van der Waals surface area contributed by atoms with E-state index < -0.39 is 0 Å². The first-order valence-electron chi connectivity index (χ1n) is 4.61. The molecule has 0 aliphatic carbocycles. The van der Waals surface area contributed by atoms with E-state index >= 15 is 0 Å². The van der Waals surface area contributed by atoms with E-state index in [9.17, 15) is 4.79 Å². The van der Waals surface area contributed by atoms with Crippen LogP contribution in [-0.2, 0) is 12.6 Å². The zero-order valence-corrected chi connectivity index (χ0v) is 13.3. The van der Waals surface area contributed by atoms with Gasteiger partial charge in [0.15, 0.2) is 5.78 Å². The predicted octanol–water partition coefficient (Wildman–Crippen LogP) is -0.588. The fourth-order valence-corrected chi connectivity index (χ4v) is 1.96. The molecule has 18 heavy (non-hydrogen) atoms. The number of Topliss-reactive ketones (excluding diaryl/α,β-unsaturated/α-hetero) is 1. The second-order valence-corrected chi connectivity index (χ2v) is 4.62. The molecule has 0 aliphatic heterocycles. The molecule has 1 aromatic carbocycles. The maximum atomic E-state index is 11.7. The van der Waals surface area contributed by atoms with Crippen molar-refractivity contribution < 1.29 is 34.4 Å². The van der Waals surface area contributed by atoms with Crippen molar-refractivity contribution in [3.05, 3.63) is 45.7 Å². The van der Waals surface area contributed by atoms with Crippen LogP contribution in [0.15, 0.2) is 40.1 Å². The molecule has 0 saturated heterocycles. The van der Waals surface area contributed by atoms with Gasteiger partial charge < -0.3 is 12.6 Å². The Kier molecular flexibility index (Phi) is 8.74. The van der Waals surface area contributed by atoms with Crippen LogP contribution in [0.1, 0.15) is 10.4 Å². The summed E-state index contributed by atoms with van der Waals surface area (Å²) in [6.45, 7) is 0. The molecule has 0 spiro atoms. The van der Waals surface area contributed by atoms with Gasteiger partial charge in [0.2, 0.25) is 0 Å². The van der Waals surface area contributed by atoms with Gasteiger partial charge in [0.25, 0.3) is 0 Å². The molecule has 0 heterocycles. The van der Waals surface area contributed by atoms with Gasteiger partial charge in [-0.3, -0.25) is 4.79 Å². The molecule has 84 valence electrons. The number of benzene rings is 1. The van der Waals surface area contributed by atoms with Gasteiger partial charge in [-0.15, -0.1) is 16.0 Å². The van der Waals surface area contributed by atoms with Crippen LogP contribution in [0, 0.1) is 22.7 Å². The summed E-state index contributed by atoms with van der Waals surface area (Å²) in [6, 6.07) is 12.2. The molecule has 1 rings (SSSR count). The minimum absolute atomic E-state index is 0. The van der Waals surface area contributed by atoms with E-state index in [4.69, 9.17) is 23.2 Å². The number of rotatable bonds is 4. The molecule has 0 amide bonds. The molecule has 0 fully saturated rings. The minimum Gasteiger partial charge on any atom is -0.771 e. The van der Waals surface area contributed by atoms with Crippen LogP contribution >= 0.6 is 11.8 Å². The number of hydrogen-bond donors (Lipinski definition) is 0. The van der Waals surface area contributed by atoms with Crippen LogP contribution in [0.3, 0.4) is 0 Å². The van der Waals surface area contributed by atoms with Crippen molar-refractivity contribution in [1.29, 1.82) is 10.5 Å². The van der Waals surface area contributed by atoms with Gasteiger partial charge in [-0.2, -0.15) is 10.5 Å². The van der Waals surface area contributed by atoms with Gasteiger partial charge in [-0.25, -0.2) is 0 Å². The number of carbonyl (C=O) groups is 1. The van der Waals surface area contributed by atoms with Crippen molar-refractivity contribution in [3.63, 3.8) is 0 Å². The Labute approximate surface area is 138 Å². The number of ketones is 1. The molecule has 6 heteroatoms. The molecule has 0 atom stereocenters. The minimum atomic E-state index is -0.120. The smallest absolute Gasteiger partial charge is 0.771 e. The normalized spacial score (nSPS) is 8.33. The molecule has 0 aliphatic rings.